The Morgan fingerprint density at radius 1 is 1.14 bits per heavy atom. The van der Waals surface area contributed by atoms with Gasteiger partial charge in [-0.1, -0.05) is 40.2 Å². The Kier molecular flexibility index (Phi) is 3.19. The number of hydrogen-bond acceptors (Lipinski definition) is 2. The highest BCUT2D eigenvalue weighted by molar-refractivity contribution is 9.10. The van der Waals surface area contributed by atoms with Crippen LogP contribution in [0, 0.1) is 0 Å². The Labute approximate surface area is 136 Å². The van der Waals surface area contributed by atoms with Gasteiger partial charge in [0.2, 0.25) is 0 Å². The number of para-hydroxylation sites is 1. The molecule has 0 amide bonds. The van der Waals surface area contributed by atoms with E-state index in [1.807, 2.05) is 36.4 Å². The van der Waals surface area contributed by atoms with Crippen molar-refractivity contribution in [2.24, 2.45) is 0 Å². The number of aryl methyl sites for hydroxylation is 1. The predicted molar refractivity (Wildman–Crippen MR) is 92.6 cm³/mol. The molecule has 3 nitrogen and oxygen atoms in total. The fourth-order valence-corrected chi connectivity index (χ4v) is 3.39. The van der Waals surface area contributed by atoms with Crippen molar-refractivity contribution in [3.63, 3.8) is 0 Å². The summed E-state index contributed by atoms with van der Waals surface area (Å²) >= 11 is 3.49. The molecule has 0 atom stereocenters. The van der Waals surface area contributed by atoms with E-state index in [-0.39, 0.29) is 5.56 Å². The molecule has 1 aromatic heterocycles. The number of fused-ring (bicyclic) bond motifs is 3. The Balaban J connectivity index is 1.91. The highest BCUT2D eigenvalue weighted by atomic mass is 79.9. The zero-order valence-electron chi connectivity index (χ0n) is 11.8. The molecule has 108 valence electrons. The van der Waals surface area contributed by atoms with Crippen LogP contribution in [-0.2, 0) is 6.54 Å². The van der Waals surface area contributed by atoms with Crippen molar-refractivity contribution < 1.29 is 0 Å². The summed E-state index contributed by atoms with van der Waals surface area (Å²) in [5.74, 6) is 0.795. The zero-order valence-corrected chi connectivity index (χ0v) is 13.4. The van der Waals surface area contributed by atoms with Crippen molar-refractivity contribution in [3.8, 4) is 0 Å². The van der Waals surface area contributed by atoms with Gasteiger partial charge in [-0.15, -0.1) is 0 Å². The molecule has 4 rings (SSSR count). The van der Waals surface area contributed by atoms with E-state index in [0.717, 1.165) is 39.9 Å². The highest BCUT2D eigenvalue weighted by Crippen LogP contribution is 2.29. The van der Waals surface area contributed by atoms with Crippen molar-refractivity contribution in [2.75, 3.05) is 0 Å². The van der Waals surface area contributed by atoms with Gasteiger partial charge in [-0.2, -0.15) is 4.98 Å². The van der Waals surface area contributed by atoms with Crippen LogP contribution < -0.4 is 5.56 Å². The molecule has 0 N–H and O–H groups in total. The summed E-state index contributed by atoms with van der Waals surface area (Å²) in [6.07, 6.45) is 3.01. The van der Waals surface area contributed by atoms with Crippen LogP contribution in [-0.4, -0.2) is 9.55 Å². The number of aromatic nitrogens is 2. The van der Waals surface area contributed by atoms with E-state index in [2.05, 4.69) is 43.7 Å². The van der Waals surface area contributed by atoms with Gasteiger partial charge in [0.25, 0.3) is 5.56 Å². The molecule has 1 aliphatic heterocycles. The predicted octanol–water partition coefficient (Wildman–Crippen LogP) is 4.10. The summed E-state index contributed by atoms with van der Waals surface area (Å²) < 4.78 is 3.18. The smallest absolute Gasteiger partial charge is 0.281 e. The first-order valence-corrected chi connectivity index (χ1v) is 7.98. The Morgan fingerprint density at radius 3 is 2.86 bits per heavy atom. The quantitative estimate of drug-likeness (QED) is 0.660. The molecule has 0 spiro atoms. The van der Waals surface area contributed by atoms with Crippen LogP contribution in [0.2, 0.25) is 0 Å². The number of hydrogen-bond donors (Lipinski definition) is 0. The number of nitrogens with zero attached hydrogens (tertiary/aromatic N) is 2. The molecule has 2 heterocycles. The van der Waals surface area contributed by atoms with Gasteiger partial charge < -0.3 is 4.57 Å². The third kappa shape index (κ3) is 2.20. The van der Waals surface area contributed by atoms with E-state index in [0.29, 0.717) is 5.39 Å². The van der Waals surface area contributed by atoms with Crippen LogP contribution in [0.15, 0.2) is 57.8 Å². The number of rotatable bonds is 1. The molecule has 3 aromatic rings. The summed E-state index contributed by atoms with van der Waals surface area (Å²) in [6, 6.07) is 15.8. The lowest BCUT2D eigenvalue weighted by atomic mass is 10.1. The maximum absolute atomic E-state index is 12.2. The largest absolute Gasteiger partial charge is 0.325 e. The lowest BCUT2D eigenvalue weighted by molar-refractivity contribution is 0.772. The van der Waals surface area contributed by atoms with Crippen LogP contribution >= 0.6 is 15.9 Å². The van der Waals surface area contributed by atoms with Gasteiger partial charge in [0.1, 0.15) is 5.82 Å². The van der Waals surface area contributed by atoms with Gasteiger partial charge in [-0.05, 0) is 47.9 Å². The molecule has 4 heteroatoms. The van der Waals surface area contributed by atoms with Gasteiger partial charge in [-0.3, -0.25) is 4.79 Å². The van der Waals surface area contributed by atoms with E-state index in [4.69, 9.17) is 0 Å². The second-order valence-electron chi connectivity index (χ2n) is 5.38. The standard InChI is InChI=1S/C18H13BrN2O/c19-14-5-3-4-12(11-14)10-13-8-9-21-16-7-2-1-6-15(16)18(22)20-17(13)21/h1-7,10-11H,8-9H2/b13-10+. The summed E-state index contributed by atoms with van der Waals surface area (Å²) in [5.41, 5.74) is 3.04. The maximum atomic E-state index is 12.2. The topological polar surface area (TPSA) is 34.9 Å². The van der Waals surface area contributed by atoms with Crippen molar-refractivity contribution in [2.45, 2.75) is 13.0 Å². The van der Waals surface area contributed by atoms with E-state index in [1.165, 1.54) is 0 Å². The lowest BCUT2D eigenvalue weighted by Gasteiger charge is -2.07. The second kappa shape index (κ2) is 5.21. The zero-order chi connectivity index (χ0) is 15.1. The second-order valence-corrected chi connectivity index (χ2v) is 6.30. The monoisotopic (exact) mass is 352 g/mol. The molecule has 1 aliphatic rings. The van der Waals surface area contributed by atoms with Crippen LogP contribution in [0.1, 0.15) is 17.8 Å². The van der Waals surface area contributed by atoms with E-state index in [1.54, 1.807) is 0 Å². The third-order valence-electron chi connectivity index (χ3n) is 3.97. The first kappa shape index (κ1) is 13.5. The van der Waals surface area contributed by atoms with E-state index >= 15 is 0 Å². The first-order valence-electron chi connectivity index (χ1n) is 7.18. The van der Waals surface area contributed by atoms with Crippen molar-refractivity contribution in [1.82, 2.24) is 9.55 Å². The number of halogens is 1. The SMILES string of the molecule is O=c1nc2n(c3ccccc13)CC/C2=C\c1cccc(Br)c1. The average Bonchev–Trinajstić information content (AvgIpc) is 2.91. The molecule has 0 saturated heterocycles. The maximum Gasteiger partial charge on any atom is 0.281 e. The fraction of sp³-hybridized carbons (Fsp3) is 0.111. The Hall–Kier alpha value is -2.20. The highest BCUT2D eigenvalue weighted by Gasteiger charge is 2.20. The number of allylic oxidation sites excluding steroid dienone is 1. The van der Waals surface area contributed by atoms with Crippen molar-refractivity contribution in [3.05, 3.63) is 74.7 Å². The molecule has 0 aliphatic carbocycles. The van der Waals surface area contributed by atoms with Gasteiger partial charge in [0, 0.05) is 11.0 Å². The van der Waals surface area contributed by atoms with Crippen LogP contribution in [0.25, 0.3) is 22.6 Å². The molecule has 22 heavy (non-hydrogen) atoms. The lowest BCUT2D eigenvalue weighted by Crippen LogP contribution is -2.14. The van der Waals surface area contributed by atoms with E-state index in [9.17, 15) is 4.79 Å². The first-order chi connectivity index (χ1) is 10.7. The summed E-state index contributed by atoms with van der Waals surface area (Å²) in [7, 11) is 0. The Morgan fingerprint density at radius 2 is 2.00 bits per heavy atom. The van der Waals surface area contributed by atoms with Gasteiger partial charge >= 0.3 is 0 Å². The normalized spacial score (nSPS) is 15.4. The molecule has 0 fully saturated rings. The van der Waals surface area contributed by atoms with Gasteiger partial charge in [0.05, 0.1) is 10.9 Å². The van der Waals surface area contributed by atoms with Crippen molar-refractivity contribution in [1.29, 1.82) is 0 Å². The van der Waals surface area contributed by atoms with E-state index < -0.39 is 0 Å². The third-order valence-corrected chi connectivity index (χ3v) is 4.46. The molecule has 2 aromatic carbocycles. The van der Waals surface area contributed by atoms with Crippen LogP contribution in [0.4, 0.5) is 0 Å². The molecular weight excluding hydrogens is 340 g/mol. The summed E-state index contributed by atoms with van der Waals surface area (Å²) in [5, 5.41) is 0.690. The minimum Gasteiger partial charge on any atom is -0.325 e. The minimum absolute atomic E-state index is 0.149. The average molecular weight is 353 g/mol. The molecule has 0 radical (unpaired) electrons. The Bertz CT molecular complexity index is 972. The fourth-order valence-electron chi connectivity index (χ4n) is 2.97. The number of benzene rings is 2. The molecule has 0 saturated carbocycles. The van der Waals surface area contributed by atoms with Crippen molar-refractivity contribution >= 4 is 38.5 Å². The van der Waals surface area contributed by atoms with Crippen LogP contribution in [0.5, 0.6) is 0 Å². The molecular formula is C18H13BrN2O. The summed E-state index contributed by atoms with van der Waals surface area (Å²) in [6.45, 7) is 0.864. The molecule has 0 bridgehead atoms. The van der Waals surface area contributed by atoms with Gasteiger partial charge in [-0.25, -0.2) is 0 Å². The minimum atomic E-state index is -0.149. The summed E-state index contributed by atoms with van der Waals surface area (Å²) in [4.78, 5) is 16.5. The molecule has 0 unspecified atom stereocenters. The van der Waals surface area contributed by atoms with Gasteiger partial charge in [0.15, 0.2) is 0 Å². The van der Waals surface area contributed by atoms with Crippen LogP contribution in [0.3, 0.4) is 0 Å².